The molecule has 3 N–H and O–H groups in total. The van der Waals surface area contributed by atoms with Crippen LogP contribution in [0.4, 0.5) is 5.69 Å². The van der Waals surface area contributed by atoms with Crippen molar-refractivity contribution in [2.24, 2.45) is 11.1 Å². The Kier molecular flexibility index (Phi) is 2.95. The molecule has 0 saturated carbocycles. The molecule has 2 aliphatic rings. The molecule has 0 bridgehead atoms. The van der Waals surface area contributed by atoms with Crippen LogP contribution in [0, 0.1) is 5.41 Å². The third kappa shape index (κ3) is 2.09. The van der Waals surface area contributed by atoms with Crippen molar-refractivity contribution in [1.82, 2.24) is 0 Å². The Morgan fingerprint density at radius 3 is 3.11 bits per heavy atom. The monoisotopic (exact) mass is 262 g/mol. The minimum absolute atomic E-state index is 0.0867. The van der Waals surface area contributed by atoms with E-state index in [4.69, 9.17) is 15.2 Å². The summed E-state index contributed by atoms with van der Waals surface area (Å²) in [5.41, 5.74) is 7.22. The maximum absolute atomic E-state index is 12.3. The Morgan fingerprint density at radius 2 is 2.37 bits per heavy atom. The Labute approximate surface area is 112 Å². The van der Waals surface area contributed by atoms with Gasteiger partial charge in [-0.25, -0.2) is 0 Å². The average molecular weight is 262 g/mol. The molecule has 19 heavy (non-hydrogen) atoms. The zero-order chi connectivity index (χ0) is 13.5. The highest BCUT2D eigenvalue weighted by molar-refractivity contribution is 5.96. The largest absolute Gasteiger partial charge is 0.493 e. The van der Waals surface area contributed by atoms with Gasteiger partial charge in [0.15, 0.2) is 0 Å². The number of hydrogen-bond acceptors (Lipinski definition) is 4. The fraction of sp³-hybridized carbons (Fsp3) is 0.500. The van der Waals surface area contributed by atoms with Crippen LogP contribution < -0.4 is 15.8 Å². The lowest BCUT2D eigenvalue weighted by atomic mass is 9.85. The summed E-state index contributed by atoms with van der Waals surface area (Å²) in [5, 5.41) is 2.93. The van der Waals surface area contributed by atoms with Gasteiger partial charge in [0.1, 0.15) is 5.75 Å². The number of nitrogens with two attached hydrogens (primary N) is 1. The van der Waals surface area contributed by atoms with Crippen LogP contribution in [-0.4, -0.2) is 31.8 Å². The molecule has 5 nitrogen and oxygen atoms in total. The number of ether oxygens (including phenoxy) is 2. The van der Waals surface area contributed by atoms with Crippen molar-refractivity contribution >= 4 is 11.6 Å². The molecule has 3 rings (SSSR count). The van der Waals surface area contributed by atoms with Gasteiger partial charge in [-0.1, -0.05) is 0 Å². The van der Waals surface area contributed by atoms with Crippen LogP contribution in [0.1, 0.15) is 12.5 Å². The molecule has 1 aromatic rings. The second kappa shape index (κ2) is 4.51. The zero-order valence-corrected chi connectivity index (χ0v) is 10.9. The van der Waals surface area contributed by atoms with Gasteiger partial charge in [-0.05, 0) is 30.7 Å². The molecule has 0 aromatic heterocycles. The minimum Gasteiger partial charge on any atom is -0.493 e. The molecule has 1 saturated heterocycles. The summed E-state index contributed by atoms with van der Waals surface area (Å²) >= 11 is 0. The highest BCUT2D eigenvalue weighted by Gasteiger charge is 2.44. The molecule has 0 radical (unpaired) electrons. The van der Waals surface area contributed by atoms with E-state index in [1.807, 2.05) is 25.1 Å². The number of rotatable bonds is 2. The zero-order valence-electron chi connectivity index (χ0n) is 10.9. The third-order valence-corrected chi connectivity index (χ3v) is 3.98. The van der Waals surface area contributed by atoms with Gasteiger partial charge in [0.2, 0.25) is 5.91 Å². The van der Waals surface area contributed by atoms with Crippen LogP contribution in [-0.2, 0) is 16.0 Å². The summed E-state index contributed by atoms with van der Waals surface area (Å²) in [6.45, 7) is 3.36. The maximum atomic E-state index is 12.3. The number of anilines is 1. The molecule has 0 spiro atoms. The first kappa shape index (κ1) is 12.4. The van der Waals surface area contributed by atoms with Crippen LogP contribution >= 0.6 is 0 Å². The van der Waals surface area contributed by atoms with Crippen molar-refractivity contribution < 1.29 is 14.3 Å². The lowest BCUT2D eigenvalue weighted by Gasteiger charge is -2.25. The van der Waals surface area contributed by atoms with Crippen molar-refractivity contribution in [2.45, 2.75) is 19.4 Å². The first-order valence-corrected chi connectivity index (χ1v) is 6.50. The van der Waals surface area contributed by atoms with E-state index < -0.39 is 5.41 Å². The first-order chi connectivity index (χ1) is 9.09. The standard InChI is InChI=1S/C14H18N2O3/c1-14(8-18-7-12(14)15)13(17)16-10-2-3-11-9(6-10)4-5-19-11/h2-3,6,12H,4-5,7-8,15H2,1H3,(H,16,17). The number of carbonyl (C=O) groups excluding carboxylic acids is 1. The van der Waals surface area contributed by atoms with Crippen molar-refractivity contribution in [3.8, 4) is 5.75 Å². The van der Waals surface area contributed by atoms with Gasteiger partial charge in [0.25, 0.3) is 0 Å². The van der Waals surface area contributed by atoms with Crippen LogP contribution in [0.15, 0.2) is 18.2 Å². The molecule has 1 amide bonds. The summed E-state index contributed by atoms with van der Waals surface area (Å²) in [6.07, 6.45) is 0.888. The van der Waals surface area contributed by atoms with E-state index >= 15 is 0 Å². The van der Waals surface area contributed by atoms with Crippen LogP contribution in [0.3, 0.4) is 0 Å². The first-order valence-electron chi connectivity index (χ1n) is 6.50. The quantitative estimate of drug-likeness (QED) is 0.831. The lowest BCUT2D eigenvalue weighted by molar-refractivity contribution is -0.125. The highest BCUT2D eigenvalue weighted by atomic mass is 16.5. The predicted octanol–water partition coefficient (Wildman–Crippen LogP) is 0.924. The highest BCUT2D eigenvalue weighted by Crippen LogP contribution is 2.31. The van der Waals surface area contributed by atoms with Crippen LogP contribution in [0.25, 0.3) is 0 Å². The number of carbonyl (C=O) groups is 1. The molecular formula is C14H18N2O3. The van der Waals surface area contributed by atoms with Crippen molar-refractivity contribution in [3.05, 3.63) is 23.8 Å². The van der Waals surface area contributed by atoms with E-state index in [0.717, 1.165) is 23.4 Å². The summed E-state index contributed by atoms with van der Waals surface area (Å²) < 4.78 is 10.7. The van der Waals surface area contributed by atoms with Gasteiger partial charge in [0.05, 0.1) is 25.2 Å². The summed E-state index contributed by atoms with van der Waals surface area (Å²) in [4.78, 5) is 12.3. The van der Waals surface area contributed by atoms with Crippen molar-refractivity contribution in [1.29, 1.82) is 0 Å². The van der Waals surface area contributed by atoms with E-state index in [1.54, 1.807) is 0 Å². The fourth-order valence-corrected chi connectivity index (χ4v) is 2.46. The average Bonchev–Trinajstić information content (AvgIpc) is 2.97. The van der Waals surface area contributed by atoms with Gasteiger partial charge < -0.3 is 20.5 Å². The maximum Gasteiger partial charge on any atom is 0.234 e. The predicted molar refractivity (Wildman–Crippen MR) is 71.2 cm³/mol. The van der Waals surface area contributed by atoms with E-state index in [9.17, 15) is 4.79 Å². The van der Waals surface area contributed by atoms with E-state index in [0.29, 0.717) is 19.8 Å². The van der Waals surface area contributed by atoms with E-state index in [-0.39, 0.29) is 11.9 Å². The van der Waals surface area contributed by atoms with Gasteiger partial charge >= 0.3 is 0 Å². The topological polar surface area (TPSA) is 73.6 Å². The summed E-state index contributed by atoms with van der Waals surface area (Å²) in [6, 6.07) is 5.45. The molecule has 1 fully saturated rings. The van der Waals surface area contributed by atoms with E-state index in [1.165, 1.54) is 0 Å². The molecule has 102 valence electrons. The molecule has 2 unspecified atom stereocenters. The molecule has 2 atom stereocenters. The lowest BCUT2D eigenvalue weighted by Crippen LogP contribution is -2.47. The van der Waals surface area contributed by atoms with Crippen molar-refractivity contribution in [2.75, 3.05) is 25.1 Å². The third-order valence-electron chi connectivity index (χ3n) is 3.98. The molecular weight excluding hydrogens is 244 g/mol. The van der Waals surface area contributed by atoms with Crippen LogP contribution in [0.2, 0.25) is 0 Å². The molecule has 0 aliphatic carbocycles. The van der Waals surface area contributed by atoms with Gasteiger partial charge in [-0.15, -0.1) is 0 Å². The second-order valence-corrected chi connectivity index (χ2v) is 5.41. The van der Waals surface area contributed by atoms with Gasteiger partial charge in [-0.2, -0.15) is 0 Å². The molecule has 2 heterocycles. The number of amides is 1. The Bertz CT molecular complexity index is 517. The molecule has 5 heteroatoms. The summed E-state index contributed by atoms with van der Waals surface area (Å²) in [5.74, 6) is 0.821. The normalized spacial score (nSPS) is 28.8. The minimum atomic E-state index is -0.657. The molecule has 2 aliphatic heterocycles. The fourth-order valence-electron chi connectivity index (χ4n) is 2.46. The molecule has 1 aromatic carbocycles. The number of nitrogens with one attached hydrogen (secondary N) is 1. The Balaban J connectivity index is 1.76. The Morgan fingerprint density at radius 1 is 1.53 bits per heavy atom. The number of fused-ring (bicyclic) bond motifs is 1. The van der Waals surface area contributed by atoms with Gasteiger partial charge in [0, 0.05) is 18.2 Å². The van der Waals surface area contributed by atoms with Crippen LogP contribution in [0.5, 0.6) is 5.75 Å². The van der Waals surface area contributed by atoms with E-state index in [2.05, 4.69) is 5.32 Å². The Hall–Kier alpha value is -1.59. The smallest absolute Gasteiger partial charge is 0.234 e. The number of benzene rings is 1. The summed E-state index contributed by atoms with van der Waals surface area (Å²) in [7, 11) is 0. The SMILES string of the molecule is CC1(C(=O)Nc2ccc3c(c2)CCO3)COCC1N. The second-order valence-electron chi connectivity index (χ2n) is 5.41. The number of hydrogen-bond donors (Lipinski definition) is 2. The van der Waals surface area contributed by atoms with Gasteiger partial charge in [-0.3, -0.25) is 4.79 Å². The van der Waals surface area contributed by atoms with Crippen molar-refractivity contribution in [3.63, 3.8) is 0 Å².